The van der Waals surface area contributed by atoms with Crippen LogP contribution in [0.2, 0.25) is 0 Å². The Morgan fingerprint density at radius 3 is 2.44 bits per heavy atom. The highest BCUT2D eigenvalue weighted by molar-refractivity contribution is 5.94. The van der Waals surface area contributed by atoms with Crippen molar-refractivity contribution in [2.24, 2.45) is 5.92 Å². The molecule has 0 spiro atoms. The minimum absolute atomic E-state index is 0.0342. The van der Waals surface area contributed by atoms with Crippen LogP contribution in [0.1, 0.15) is 35.7 Å². The summed E-state index contributed by atoms with van der Waals surface area (Å²) in [5, 5.41) is 3.00. The molecule has 1 heterocycles. The zero-order valence-electron chi connectivity index (χ0n) is 15.9. The molecule has 27 heavy (non-hydrogen) atoms. The quantitative estimate of drug-likeness (QED) is 0.791. The number of carbonyl (C=O) groups excluding carboxylic acids is 2. The molecule has 3 rings (SSSR count). The van der Waals surface area contributed by atoms with Gasteiger partial charge in [-0.1, -0.05) is 18.2 Å². The lowest BCUT2D eigenvalue weighted by molar-refractivity contribution is -0.121. The van der Waals surface area contributed by atoms with Crippen LogP contribution >= 0.6 is 0 Å². The van der Waals surface area contributed by atoms with Crippen LogP contribution in [0.5, 0.6) is 5.75 Å². The molecule has 0 unspecified atom stereocenters. The highest BCUT2D eigenvalue weighted by Crippen LogP contribution is 2.25. The van der Waals surface area contributed by atoms with Gasteiger partial charge in [-0.2, -0.15) is 0 Å². The summed E-state index contributed by atoms with van der Waals surface area (Å²) in [6, 6.07) is 15.1. The Hall–Kier alpha value is -2.66. The zero-order chi connectivity index (χ0) is 19.2. The van der Waals surface area contributed by atoms with Crippen LogP contribution < -0.4 is 10.1 Å². The first kappa shape index (κ1) is 19.1. The summed E-state index contributed by atoms with van der Waals surface area (Å²) in [5.74, 6) is 0.975. The van der Waals surface area contributed by atoms with Gasteiger partial charge in [0.15, 0.2) is 5.78 Å². The molecule has 5 heteroatoms. The smallest absolute Gasteiger partial charge is 0.227 e. The maximum Gasteiger partial charge on any atom is 0.227 e. The number of nitrogens with one attached hydrogen (secondary N) is 1. The van der Waals surface area contributed by atoms with E-state index in [-0.39, 0.29) is 17.6 Å². The molecule has 142 valence electrons. The maximum absolute atomic E-state index is 12.5. The molecule has 1 aliphatic rings. The summed E-state index contributed by atoms with van der Waals surface area (Å²) in [4.78, 5) is 26.4. The molecule has 0 aliphatic carbocycles. The van der Waals surface area contributed by atoms with Gasteiger partial charge in [0.25, 0.3) is 0 Å². The van der Waals surface area contributed by atoms with E-state index in [2.05, 4.69) is 10.2 Å². The first-order valence-electron chi connectivity index (χ1n) is 9.33. The number of piperidine rings is 1. The van der Waals surface area contributed by atoms with Crippen molar-refractivity contribution in [1.82, 2.24) is 4.90 Å². The Morgan fingerprint density at radius 2 is 1.81 bits per heavy atom. The van der Waals surface area contributed by atoms with Gasteiger partial charge in [-0.25, -0.2) is 0 Å². The number of hydrogen-bond donors (Lipinski definition) is 1. The van der Waals surface area contributed by atoms with Gasteiger partial charge in [-0.05, 0) is 63.2 Å². The number of ether oxygens (including phenoxy) is 1. The highest BCUT2D eigenvalue weighted by atomic mass is 16.5. The standard InChI is InChI=1S/C22H26N2O3/c1-16(25)18-8-9-21(27-2)19(14-18)15-24-12-10-17(11-13-24)22(26)23-20-6-4-3-5-7-20/h3-9,14,17H,10-13,15H2,1-2H3,(H,23,26). The Labute approximate surface area is 160 Å². The van der Waals surface area contributed by atoms with Crippen molar-refractivity contribution in [2.45, 2.75) is 26.3 Å². The van der Waals surface area contributed by atoms with Crippen molar-refractivity contribution in [1.29, 1.82) is 0 Å². The van der Waals surface area contributed by atoms with E-state index in [1.165, 1.54) is 0 Å². The summed E-state index contributed by atoms with van der Waals surface area (Å²) in [7, 11) is 1.65. The molecular weight excluding hydrogens is 340 g/mol. The minimum Gasteiger partial charge on any atom is -0.496 e. The summed E-state index contributed by atoms with van der Waals surface area (Å²) in [6.07, 6.45) is 1.65. The molecule has 0 atom stereocenters. The predicted molar refractivity (Wildman–Crippen MR) is 106 cm³/mol. The monoisotopic (exact) mass is 366 g/mol. The number of nitrogens with zero attached hydrogens (tertiary/aromatic N) is 1. The van der Waals surface area contributed by atoms with Gasteiger partial charge in [0.2, 0.25) is 5.91 Å². The number of methoxy groups -OCH3 is 1. The number of carbonyl (C=O) groups is 2. The van der Waals surface area contributed by atoms with Gasteiger partial charge in [0, 0.05) is 29.3 Å². The Morgan fingerprint density at radius 1 is 1.11 bits per heavy atom. The number of amides is 1. The van der Waals surface area contributed by atoms with Crippen LogP contribution in [0, 0.1) is 5.92 Å². The second-order valence-corrected chi connectivity index (χ2v) is 6.99. The Bertz CT molecular complexity index is 796. The third-order valence-corrected chi connectivity index (χ3v) is 5.08. The number of Topliss-reactive ketones (excluding diaryl/α,β-unsaturated/α-hetero) is 1. The second-order valence-electron chi connectivity index (χ2n) is 6.99. The highest BCUT2D eigenvalue weighted by Gasteiger charge is 2.25. The molecule has 2 aromatic rings. The average molecular weight is 366 g/mol. The van der Waals surface area contributed by atoms with E-state index >= 15 is 0 Å². The number of para-hydroxylation sites is 1. The van der Waals surface area contributed by atoms with Gasteiger partial charge in [0.1, 0.15) is 5.75 Å². The number of rotatable bonds is 6. The van der Waals surface area contributed by atoms with E-state index in [9.17, 15) is 9.59 Å². The number of anilines is 1. The van der Waals surface area contributed by atoms with Crippen molar-refractivity contribution < 1.29 is 14.3 Å². The number of likely N-dealkylation sites (tertiary alicyclic amines) is 1. The summed E-state index contributed by atoms with van der Waals surface area (Å²) >= 11 is 0. The largest absolute Gasteiger partial charge is 0.496 e. The molecule has 5 nitrogen and oxygen atoms in total. The van der Waals surface area contributed by atoms with Gasteiger partial charge in [0.05, 0.1) is 7.11 Å². The van der Waals surface area contributed by atoms with Crippen molar-refractivity contribution >= 4 is 17.4 Å². The van der Waals surface area contributed by atoms with Crippen molar-refractivity contribution in [2.75, 3.05) is 25.5 Å². The fourth-order valence-electron chi connectivity index (χ4n) is 3.48. The first-order chi connectivity index (χ1) is 13.1. The maximum atomic E-state index is 12.5. The second kappa shape index (κ2) is 8.82. The van der Waals surface area contributed by atoms with E-state index in [4.69, 9.17) is 4.74 Å². The molecule has 1 saturated heterocycles. The molecule has 1 fully saturated rings. The first-order valence-corrected chi connectivity index (χ1v) is 9.33. The summed E-state index contributed by atoms with van der Waals surface area (Å²) in [6.45, 7) is 3.99. The van der Waals surface area contributed by atoms with Gasteiger partial charge in [-0.15, -0.1) is 0 Å². The lowest BCUT2D eigenvalue weighted by atomic mass is 9.95. The minimum atomic E-state index is 0.0342. The van der Waals surface area contributed by atoms with Crippen molar-refractivity contribution in [3.05, 3.63) is 59.7 Å². The van der Waals surface area contributed by atoms with Crippen LogP contribution in [0.3, 0.4) is 0 Å². The molecule has 0 saturated carbocycles. The number of ketones is 1. The fraction of sp³-hybridized carbons (Fsp3) is 0.364. The molecule has 0 aromatic heterocycles. The number of benzene rings is 2. The van der Waals surface area contributed by atoms with Crippen LogP contribution in [0.25, 0.3) is 0 Å². The van der Waals surface area contributed by atoms with Crippen LogP contribution in [-0.4, -0.2) is 36.8 Å². The van der Waals surface area contributed by atoms with E-state index in [0.717, 1.165) is 49.5 Å². The van der Waals surface area contributed by atoms with E-state index in [1.54, 1.807) is 20.1 Å². The molecule has 0 bridgehead atoms. The summed E-state index contributed by atoms with van der Waals surface area (Å²) < 4.78 is 5.45. The zero-order valence-corrected chi connectivity index (χ0v) is 15.9. The van der Waals surface area contributed by atoms with Gasteiger partial charge >= 0.3 is 0 Å². The van der Waals surface area contributed by atoms with Crippen molar-refractivity contribution in [3.63, 3.8) is 0 Å². The molecule has 1 N–H and O–H groups in total. The SMILES string of the molecule is COc1ccc(C(C)=O)cc1CN1CCC(C(=O)Nc2ccccc2)CC1. The normalized spacial score (nSPS) is 15.3. The molecule has 1 amide bonds. The van der Waals surface area contributed by atoms with Crippen LogP contribution in [-0.2, 0) is 11.3 Å². The lowest BCUT2D eigenvalue weighted by Gasteiger charge is -2.31. The van der Waals surface area contributed by atoms with E-state index in [1.807, 2.05) is 42.5 Å². The van der Waals surface area contributed by atoms with Crippen molar-refractivity contribution in [3.8, 4) is 5.75 Å². The molecular formula is C22H26N2O3. The van der Waals surface area contributed by atoms with Gasteiger partial charge in [-0.3, -0.25) is 14.5 Å². The lowest BCUT2D eigenvalue weighted by Crippen LogP contribution is -2.37. The fourth-order valence-corrected chi connectivity index (χ4v) is 3.48. The third kappa shape index (κ3) is 4.95. The van der Waals surface area contributed by atoms with E-state index < -0.39 is 0 Å². The van der Waals surface area contributed by atoms with Gasteiger partial charge < -0.3 is 10.1 Å². The molecule has 2 aromatic carbocycles. The Kier molecular flexibility index (Phi) is 6.24. The van der Waals surface area contributed by atoms with E-state index in [0.29, 0.717) is 5.56 Å². The Balaban J connectivity index is 1.57. The molecule has 0 radical (unpaired) electrons. The number of hydrogen-bond acceptors (Lipinski definition) is 4. The topological polar surface area (TPSA) is 58.6 Å². The van der Waals surface area contributed by atoms with Crippen LogP contribution in [0.15, 0.2) is 48.5 Å². The third-order valence-electron chi connectivity index (χ3n) is 5.08. The summed E-state index contributed by atoms with van der Waals surface area (Å²) in [5.41, 5.74) is 2.55. The van der Waals surface area contributed by atoms with Crippen LogP contribution in [0.4, 0.5) is 5.69 Å². The molecule has 1 aliphatic heterocycles. The average Bonchev–Trinajstić information content (AvgIpc) is 2.69. The predicted octanol–water partition coefficient (Wildman–Crippen LogP) is 3.75.